The van der Waals surface area contributed by atoms with Crippen LogP contribution in [0.1, 0.15) is 10.9 Å². The molecule has 0 radical (unpaired) electrons. The summed E-state index contributed by atoms with van der Waals surface area (Å²) in [5.74, 6) is 0.300. The fourth-order valence-electron chi connectivity index (χ4n) is 1.13. The van der Waals surface area contributed by atoms with Gasteiger partial charge in [0.05, 0.1) is 6.20 Å². The lowest BCUT2D eigenvalue weighted by molar-refractivity contribution is -0.117. The van der Waals surface area contributed by atoms with Gasteiger partial charge in [0.1, 0.15) is 11.9 Å². The zero-order valence-electron chi connectivity index (χ0n) is 7.81. The first-order valence-electron chi connectivity index (χ1n) is 4.36. The Morgan fingerprint density at radius 1 is 1.60 bits per heavy atom. The molecule has 0 aliphatic rings. The van der Waals surface area contributed by atoms with E-state index in [1.165, 1.54) is 11.3 Å². The second-order valence-corrected chi connectivity index (χ2v) is 3.93. The van der Waals surface area contributed by atoms with E-state index in [-0.39, 0.29) is 5.91 Å². The Balaban J connectivity index is 2.03. The Hall–Kier alpha value is -1.66. The molecule has 5 nitrogen and oxygen atoms in total. The van der Waals surface area contributed by atoms with Crippen molar-refractivity contribution < 1.29 is 4.79 Å². The van der Waals surface area contributed by atoms with E-state index in [1.54, 1.807) is 12.3 Å². The highest BCUT2D eigenvalue weighted by Gasteiger charge is 2.16. The van der Waals surface area contributed by atoms with Crippen LogP contribution in [0.15, 0.2) is 29.8 Å². The van der Waals surface area contributed by atoms with E-state index in [4.69, 9.17) is 5.73 Å². The van der Waals surface area contributed by atoms with Crippen LogP contribution in [0, 0.1) is 0 Å². The Labute approximate surface area is 90.3 Å². The zero-order chi connectivity index (χ0) is 10.7. The summed E-state index contributed by atoms with van der Waals surface area (Å²) in [5.41, 5.74) is 5.76. The quantitative estimate of drug-likeness (QED) is 0.727. The third kappa shape index (κ3) is 2.23. The minimum Gasteiger partial charge on any atom is -0.316 e. The largest absolute Gasteiger partial charge is 0.316 e. The van der Waals surface area contributed by atoms with E-state index < -0.39 is 6.04 Å². The van der Waals surface area contributed by atoms with Gasteiger partial charge in [-0.05, 0) is 11.4 Å². The third-order valence-corrected chi connectivity index (χ3v) is 2.85. The first-order chi connectivity index (χ1) is 7.27. The number of carbonyl (C=O) groups excluding carboxylic acids is 1. The minimum atomic E-state index is -0.631. The van der Waals surface area contributed by atoms with Gasteiger partial charge in [0, 0.05) is 10.9 Å². The van der Waals surface area contributed by atoms with Crippen molar-refractivity contribution in [3.63, 3.8) is 0 Å². The number of thiophene rings is 1. The number of nitrogens with zero attached hydrogens (tertiary/aromatic N) is 1. The van der Waals surface area contributed by atoms with Crippen LogP contribution >= 0.6 is 11.3 Å². The Bertz CT molecular complexity index is 423. The SMILES string of the molecule is NC(C(=O)Nc1ccn[nH]1)c1cccs1. The molecular weight excluding hydrogens is 212 g/mol. The molecule has 4 N–H and O–H groups in total. The Morgan fingerprint density at radius 2 is 2.47 bits per heavy atom. The fraction of sp³-hybridized carbons (Fsp3) is 0.111. The molecule has 0 aromatic carbocycles. The number of aromatic nitrogens is 2. The molecular formula is C9H10N4OS. The van der Waals surface area contributed by atoms with E-state index in [1.807, 2.05) is 17.5 Å². The van der Waals surface area contributed by atoms with E-state index in [9.17, 15) is 4.79 Å². The molecule has 0 aliphatic carbocycles. The first kappa shape index (κ1) is 9.88. The molecule has 15 heavy (non-hydrogen) atoms. The van der Waals surface area contributed by atoms with Crippen LogP contribution in [0.5, 0.6) is 0 Å². The predicted molar refractivity (Wildman–Crippen MR) is 58.5 cm³/mol. The van der Waals surface area contributed by atoms with Crippen molar-refractivity contribution in [3.05, 3.63) is 34.7 Å². The average Bonchev–Trinajstić information content (AvgIpc) is 2.88. The molecule has 0 fully saturated rings. The molecule has 78 valence electrons. The number of H-pyrrole nitrogens is 1. The zero-order valence-corrected chi connectivity index (χ0v) is 8.62. The second-order valence-electron chi connectivity index (χ2n) is 2.95. The van der Waals surface area contributed by atoms with E-state index in [0.717, 1.165) is 4.88 Å². The molecule has 2 aromatic rings. The lowest BCUT2D eigenvalue weighted by Crippen LogP contribution is -2.27. The Morgan fingerprint density at radius 3 is 3.07 bits per heavy atom. The van der Waals surface area contributed by atoms with E-state index >= 15 is 0 Å². The van der Waals surface area contributed by atoms with Crippen molar-refractivity contribution in [3.8, 4) is 0 Å². The lowest BCUT2D eigenvalue weighted by Gasteiger charge is -2.08. The topological polar surface area (TPSA) is 83.8 Å². The van der Waals surface area contributed by atoms with Crippen LogP contribution in [0.4, 0.5) is 5.82 Å². The minimum absolute atomic E-state index is 0.248. The molecule has 0 bridgehead atoms. The van der Waals surface area contributed by atoms with Gasteiger partial charge in [-0.3, -0.25) is 9.89 Å². The van der Waals surface area contributed by atoms with Gasteiger partial charge in [0.25, 0.3) is 0 Å². The number of hydrogen-bond acceptors (Lipinski definition) is 4. The van der Waals surface area contributed by atoms with Gasteiger partial charge >= 0.3 is 0 Å². The summed E-state index contributed by atoms with van der Waals surface area (Å²) in [6.07, 6.45) is 1.56. The fourth-order valence-corrected chi connectivity index (χ4v) is 1.86. The maximum atomic E-state index is 11.6. The molecule has 2 aromatic heterocycles. The summed E-state index contributed by atoms with van der Waals surface area (Å²) >= 11 is 1.46. The third-order valence-electron chi connectivity index (χ3n) is 1.89. The molecule has 0 spiro atoms. The highest BCUT2D eigenvalue weighted by molar-refractivity contribution is 7.10. The highest BCUT2D eigenvalue weighted by atomic mass is 32.1. The Kier molecular flexibility index (Phi) is 2.79. The lowest BCUT2D eigenvalue weighted by atomic mass is 10.2. The monoisotopic (exact) mass is 222 g/mol. The van der Waals surface area contributed by atoms with Crippen molar-refractivity contribution in [1.29, 1.82) is 0 Å². The number of amides is 1. The summed E-state index contributed by atoms with van der Waals surface area (Å²) in [6.45, 7) is 0. The maximum Gasteiger partial charge on any atom is 0.247 e. The molecule has 0 saturated heterocycles. The summed E-state index contributed by atoms with van der Waals surface area (Å²) < 4.78 is 0. The van der Waals surface area contributed by atoms with Crippen molar-refractivity contribution in [2.75, 3.05) is 5.32 Å². The van der Waals surface area contributed by atoms with Gasteiger partial charge in [-0.15, -0.1) is 11.3 Å². The number of aromatic amines is 1. The molecule has 1 unspecified atom stereocenters. The van der Waals surface area contributed by atoms with Gasteiger partial charge in [0.15, 0.2) is 0 Å². The second kappa shape index (κ2) is 4.24. The first-order valence-corrected chi connectivity index (χ1v) is 5.24. The van der Waals surface area contributed by atoms with Crippen molar-refractivity contribution in [2.45, 2.75) is 6.04 Å². The van der Waals surface area contributed by atoms with Crippen LogP contribution in [-0.4, -0.2) is 16.1 Å². The number of nitrogens with one attached hydrogen (secondary N) is 2. The van der Waals surface area contributed by atoms with Gasteiger partial charge in [-0.2, -0.15) is 5.10 Å². The summed E-state index contributed by atoms with van der Waals surface area (Å²) in [5, 5.41) is 10.9. The van der Waals surface area contributed by atoms with Gasteiger partial charge in [0.2, 0.25) is 5.91 Å². The average molecular weight is 222 g/mol. The van der Waals surface area contributed by atoms with Gasteiger partial charge in [-0.25, -0.2) is 0 Å². The van der Waals surface area contributed by atoms with Crippen LogP contribution in [0.3, 0.4) is 0 Å². The van der Waals surface area contributed by atoms with E-state index in [2.05, 4.69) is 15.5 Å². The summed E-state index contributed by atoms with van der Waals surface area (Å²) in [6, 6.07) is 4.73. The van der Waals surface area contributed by atoms with Crippen LogP contribution in [0.2, 0.25) is 0 Å². The van der Waals surface area contributed by atoms with Crippen LogP contribution < -0.4 is 11.1 Å². The van der Waals surface area contributed by atoms with Crippen molar-refractivity contribution in [1.82, 2.24) is 10.2 Å². The number of rotatable bonds is 3. The number of nitrogens with two attached hydrogens (primary N) is 1. The molecule has 0 saturated carbocycles. The molecule has 2 rings (SSSR count). The number of carbonyl (C=O) groups is 1. The summed E-state index contributed by atoms with van der Waals surface area (Å²) in [4.78, 5) is 12.5. The molecule has 2 heterocycles. The molecule has 1 amide bonds. The van der Waals surface area contributed by atoms with Gasteiger partial charge in [-0.1, -0.05) is 6.07 Å². The van der Waals surface area contributed by atoms with Crippen LogP contribution in [0.25, 0.3) is 0 Å². The molecule has 1 atom stereocenters. The number of anilines is 1. The van der Waals surface area contributed by atoms with Gasteiger partial charge < -0.3 is 11.1 Å². The normalized spacial score (nSPS) is 12.3. The molecule has 6 heteroatoms. The number of hydrogen-bond donors (Lipinski definition) is 3. The standard InChI is InChI=1S/C9H10N4OS/c10-8(6-2-1-5-15-6)9(14)12-7-3-4-11-13-7/h1-5,8H,10H2,(H2,11,12,13,14). The molecule has 0 aliphatic heterocycles. The van der Waals surface area contributed by atoms with Crippen molar-refractivity contribution >= 4 is 23.1 Å². The smallest absolute Gasteiger partial charge is 0.247 e. The highest BCUT2D eigenvalue weighted by Crippen LogP contribution is 2.17. The van der Waals surface area contributed by atoms with E-state index in [0.29, 0.717) is 5.82 Å². The predicted octanol–water partition coefficient (Wildman–Crippen LogP) is 1.11. The van der Waals surface area contributed by atoms with Crippen LogP contribution in [-0.2, 0) is 4.79 Å². The van der Waals surface area contributed by atoms with Crippen molar-refractivity contribution in [2.24, 2.45) is 5.73 Å². The maximum absolute atomic E-state index is 11.6. The summed E-state index contributed by atoms with van der Waals surface area (Å²) in [7, 11) is 0.